The maximum absolute atomic E-state index is 5.62. The van der Waals surface area contributed by atoms with Crippen LogP contribution >= 0.6 is 19.6 Å². The highest BCUT2D eigenvalue weighted by atomic mass is 32.1. The SMILES string of the molecule is Cc1ccc(/C=N\NC(=S)N=P(N2CCOCC2)(N2CCOCC2)C(C)(C)C)o1. The summed E-state index contributed by atoms with van der Waals surface area (Å²) in [5.41, 5.74) is 2.93. The van der Waals surface area contributed by atoms with Crippen LogP contribution in [0.1, 0.15) is 32.3 Å². The first-order valence-corrected chi connectivity index (χ1v) is 12.1. The van der Waals surface area contributed by atoms with Gasteiger partial charge in [-0.2, -0.15) is 5.10 Å². The number of aryl methyl sites for hydroxylation is 1. The van der Waals surface area contributed by atoms with Gasteiger partial charge in [0, 0.05) is 31.3 Å². The summed E-state index contributed by atoms with van der Waals surface area (Å²) in [5.74, 6) is 1.52. The molecule has 2 aliphatic heterocycles. The third-order valence-electron chi connectivity index (χ3n) is 5.01. The molecule has 2 fully saturated rings. The molecule has 1 N–H and O–H groups in total. The zero-order chi connectivity index (χ0) is 20.9. The molecule has 0 spiro atoms. The molecule has 10 heteroatoms. The van der Waals surface area contributed by atoms with Gasteiger partial charge in [-0.1, -0.05) is 20.8 Å². The molecule has 0 bridgehead atoms. The normalized spacial score (nSPS) is 20.1. The van der Waals surface area contributed by atoms with E-state index in [2.05, 4.69) is 40.6 Å². The van der Waals surface area contributed by atoms with Crippen molar-refractivity contribution in [1.29, 1.82) is 0 Å². The van der Waals surface area contributed by atoms with Gasteiger partial charge in [-0.25, -0.2) is 4.74 Å². The Balaban J connectivity index is 1.91. The van der Waals surface area contributed by atoms with Gasteiger partial charge in [-0.05, 0) is 31.3 Å². The largest absolute Gasteiger partial charge is 0.460 e. The van der Waals surface area contributed by atoms with Crippen molar-refractivity contribution in [3.8, 4) is 0 Å². The lowest BCUT2D eigenvalue weighted by atomic mass is 10.3. The maximum atomic E-state index is 5.62. The van der Waals surface area contributed by atoms with E-state index in [1.165, 1.54) is 0 Å². The first kappa shape index (κ1) is 22.6. The van der Waals surface area contributed by atoms with Crippen LogP contribution < -0.4 is 5.43 Å². The lowest BCUT2D eigenvalue weighted by molar-refractivity contribution is 0.0551. The number of hydrazone groups is 1. The molecule has 3 heterocycles. The Labute approximate surface area is 178 Å². The molecule has 3 rings (SSSR count). The number of rotatable bonds is 4. The van der Waals surface area contributed by atoms with Crippen LogP contribution in [0.3, 0.4) is 0 Å². The second kappa shape index (κ2) is 9.81. The van der Waals surface area contributed by atoms with E-state index in [-0.39, 0.29) is 5.16 Å². The van der Waals surface area contributed by atoms with Gasteiger partial charge in [0.15, 0.2) is 0 Å². The molecule has 0 radical (unpaired) electrons. The van der Waals surface area contributed by atoms with Crippen LogP contribution in [0, 0.1) is 6.92 Å². The molecule has 8 nitrogen and oxygen atoms in total. The number of ether oxygens (including phenoxy) is 2. The standard InChI is InChI=1S/C19H32N5O3PS/c1-16-5-6-17(27-16)15-20-21-18(29)22-28(19(2,3)4,23-7-11-25-12-8-23)24-9-13-26-14-10-24/h5-6,15H,7-14H2,1-4H3,(H,21,29)/b20-15-. The quantitative estimate of drug-likeness (QED) is 0.333. The summed E-state index contributed by atoms with van der Waals surface area (Å²) in [6.07, 6.45) is 1.62. The lowest BCUT2D eigenvalue weighted by Crippen LogP contribution is -2.48. The van der Waals surface area contributed by atoms with E-state index in [0.29, 0.717) is 37.3 Å². The fourth-order valence-corrected chi connectivity index (χ4v) is 8.53. The summed E-state index contributed by atoms with van der Waals surface area (Å²) in [5, 5.41) is 4.55. The third kappa shape index (κ3) is 5.34. The molecule has 0 aromatic carbocycles. The summed E-state index contributed by atoms with van der Waals surface area (Å²) < 4.78 is 26.9. The van der Waals surface area contributed by atoms with Gasteiger partial charge in [0.2, 0.25) is 5.11 Å². The Morgan fingerprint density at radius 1 is 1.07 bits per heavy atom. The molecular formula is C19H32N5O3PS. The van der Waals surface area contributed by atoms with E-state index in [4.69, 9.17) is 30.9 Å². The van der Waals surface area contributed by atoms with Gasteiger partial charge >= 0.3 is 0 Å². The van der Waals surface area contributed by atoms with Crippen molar-refractivity contribution in [2.75, 3.05) is 52.6 Å². The minimum absolute atomic E-state index is 0.0880. The molecule has 1 aromatic heterocycles. The molecule has 0 saturated carbocycles. The van der Waals surface area contributed by atoms with Crippen LogP contribution in [-0.4, -0.2) is 78.4 Å². The first-order chi connectivity index (χ1) is 13.8. The number of furan rings is 1. The topological polar surface area (TPSA) is 74.8 Å². The van der Waals surface area contributed by atoms with Crippen LogP contribution in [0.2, 0.25) is 0 Å². The van der Waals surface area contributed by atoms with Crippen molar-refractivity contribution >= 4 is 30.9 Å². The number of nitrogens with one attached hydrogen (secondary N) is 1. The summed E-state index contributed by atoms with van der Waals surface area (Å²) in [6, 6.07) is 3.77. The van der Waals surface area contributed by atoms with Gasteiger partial charge in [0.25, 0.3) is 0 Å². The van der Waals surface area contributed by atoms with Crippen molar-refractivity contribution in [3.63, 3.8) is 0 Å². The van der Waals surface area contributed by atoms with E-state index >= 15 is 0 Å². The van der Waals surface area contributed by atoms with Gasteiger partial charge < -0.3 is 13.9 Å². The second-order valence-corrected chi connectivity index (χ2v) is 12.3. The smallest absolute Gasteiger partial charge is 0.214 e. The average molecular weight is 442 g/mol. The van der Waals surface area contributed by atoms with Crippen LogP contribution in [0.4, 0.5) is 0 Å². The summed E-state index contributed by atoms with van der Waals surface area (Å²) in [7, 11) is -2.16. The lowest BCUT2D eigenvalue weighted by Gasteiger charge is -2.52. The first-order valence-electron chi connectivity index (χ1n) is 10.0. The highest BCUT2D eigenvalue weighted by Gasteiger charge is 2.45. The molecule has 1 aromatic rings. The van der Waals surface area contributed by atoms with E-state index in [9.17, 15) is 0 Å². The number of morpholine rings is 2. The molecule has 2 saturated heterocycles. The molecule has 2 aliphatic rings. The van der Waals surface area contributed by atoms with Crippen molar-refractivity contribution in [1.82, 2.24) is 14.8 Å². The Morgan fingerprint density at radius 3 is 2.07 bits per heavy atom. The minimum Gasteiger partial charge on any atom is -0.460 e. The van der Waals surface area contributed by atoms with Gasteiger partial charge in [-0.15, -0.1) is 0 Å². The van der Waals surface area contributed by atoms with Crippen molar-refractivity contribution in [2.45, 2.75) is 32.9 Å². The Kier molecular flexibility index (Phi) is 7.64. The van der Waals surface area contributed by atoms with Crippen LogP contribution in [-0.2, 0) is 9.47 Å². The van der Waals surface area contributed by atoms with Crippen molar-refractivity contribution < 1.29 is 13.9 Å². The van der Waals surface area contributed by atoms with E-state index in [1.54, 1.807) is 6.21 Å². The molecule has 0 amide bonds. The van der Waals surface area contributed by atoms with Gasteiger partial charge in [0.1, 0.15) is 18.9 Å². The fraction of sp³-hybridized carbons (Fsp3) is 0.684. The maximum Gasteiger partial charge on any atom is 0.214 e. The minimum atomic E-state index is -2.16. The number of thiocarbonyl (C=S) groups is 1. The van der Waals surface area contributed by atoms with Gasteiger partial charge in [0.05, 0.1) is 32.6 Å². The zero-order valence-electron chi connectivity index (χ0n) is 17.8. The van der Waals surface area contributed by atoms with Gasteiger partial charge in [-0.3, -0.25) is 14.8 Å². The Bertz CT molecular complexity index is 755. The predicted octanol–water partition coefficient (Wildman–Crippen LogP) is 3.29. The summed E-state index contributed by atoms with van der Waals surface area (Å²) >= 11 is 5.62. The zero-order valence-corrected chi connectivity index (χ0v) is 19.5. The molecule has 29 heavy (non-hydrogen) atoms. The summed E-state index contributed by atoms with van der Waals surface area (Å²) in [6.45, 7) is 14.9. The summed E-state index contributed by atoms with van der Waals surface area (Å²) in [4.78, 5) is 0. The molecule has 0 unspecified atom stereocenters. The van der Waals surface area contributed by atoms with Crippen LogP contribution in [0.25, 0.3) is 0 Å². The van der Waals surface area contributed by atoms with Crippen LogP contribution in [0.15, 0.2) is 26.4 Å². The molecule has 162 valence electrons. The Morgan fingerprint density at radius 2 is 1.62 bits per heavy atom. The number of hydrogen-bond donors (Lipinski definition) is 1. The fourth-order valence-electron chi connectivity index (χ4n) is 3.79. The van der Waals surface area contributed by atoms with Crippen molar-refractivity contribution in [3.05, 3.63) is 23.7 Å². The predicted molar refractivity (Wildman–Crippen MR) is 121 cm³/mol. The van der Waals surface area contributed by atoms with E-state index < -0.39 is 7.36 Å². The molecule has 0 aliphatic carbocycles. The highest BCUT2D eigenvalue weighted by Crippen LogP contribution is 2.66. The number of hydrogen-bond acceptors (Lipinski definition) is 5. The monoisotopic (exact) mass is 441 g/mol. The molecule has 0 atom stereocenters. The average Bonchev–Trinajstić information content (AvgIpc) is 3.11. The third-order valence-corrected chi connectivity index (χ3v) is 9.98. The Hall–Kier alpha value is -1.09. The number of nitrogens with zero attached hydrogens (tertiary/aromatic N) is 4. The van der Waals surface area contributed by atoms with E-state index in [0.717, 1.165) is 31.9 Å². The van der Waals surface area contributed by atoms with Crippen molar-refractivity contribution in [2.24, 2.45) is 9.85 Å². The second-order valence-electron chi connectivity index (χ2n) is 8.09. The molecular weight excluding hydrogens is 409 g/mol. The van der Waals surface area contributed by atoms with E-state index in [1.807, 2.05) is 19.1 Å². The van der Waals surface area contributed by atoms with Crippen LogP contribution in [0.5, 0.6) is 0 Å². The highest BCUT2D eigenvalue weighted by molar-refractivity contribution is 7.81.